The lowest BCUT2D eigenvalue weighted by atomic mass is 10.2. The zero-order valence-corrected chi connectivity index (χ0v) is 12.0. The van der Waals surface area contributed by atoms with E-state index in [0.29, 0.717) is 12.2 Å². The van der Waals surface area contributed by atoms with Gasteiger partial charge in [0, 0.05) is 25.7 Å². The molecule has 2 rings (SSSR count). The van der Waals surface area contributed by atoms with Gasteiger partial charge in [-0.2, -0.15) is 4.31 Å². The van der Waals surface area contributed by atoms with Gasteiger partial charge in [-0.05, 0) is 26.1 Å². The number of rotatable bonds is 3. The van der Waals surface area contributed by atoms with Gasteiger partial charge in [0.2, 0.25) is 10.0 Å². The number of nitrogen functional groups attached to an aromatic ring is 1. The Kier molecular flexibility index (Phi) is 4.10. The summed E-state index contributed by atoms with van der Waals surface area (Å²) in [5, 5.41) is 0. The van der Waals surface area contributed by atoms with Crippen molar-refractivity contribution in [2.75, 3.05) is 32.1 Å². The summed E-state index contributed by atoms with van der Waals surface area (Å²) in [5.41, 5.74) is 2.87. The Morgan fingerprint density at radius 2 is 2.00 bits per heavy atom. The molecule has 0 bridgehead atoms. The summed E-state index contributed by atoms with van der Waals surface area (Å²) in [6.07, 6.45) is 0. The fourth-order valence-corrected chi connectivity index (χ4v) is 4.19. The van der Waals surface area contributed by atoms with Gasteiger partial charge in [0.1, 0.15) is 4.90 Å². The summed E-state index contributed by atoms with van der Waals surface area (Å²) in [6, 6.07) is 6.65. The van der Waals surface area contributed by atoms with Crippen LogP contribution in [0, 0.1) is 0 Å². The van der Waals surface area contributed by atoms with Gasteiger partial charge in [0.05, 0.1) is 5.69 Å². The number of para-hydroxylation sites is 1. The lowest BCUT2D eigenvalue weighted by Gasteiger charge is -2.37. The molecule has 1 aliphatic rings. The van der Waals surface area contributed by atoms with E-state index in [1.165, 1.54) is 0 Å². The summed E-state index contributed by atoms with van der Waals surface area (Å²) in [5.74, 6) is 5.39. The Bertz CT molecular complexity index is 546. The molecule has 1 fully saturated rings. The van der Waals surface area contributed by atoms with Gasteiger partial charge in [-0.15, -0.1) is 0 Å². The molecule has 0 aromatic heterocycles. The van der Waals surface area contributed by atoms with Gasteiger partial charge in [-0.3, -0.25) is 5.84 Å². The van der Waals surface area contributed by atoms with Crippen LogP contribution >= 0.6 is 0 Å². The summed E-state index contributed by atoms with van der Waals surface area (Å²) >= 11 is 0. The predicted molar refractivity (Wildman–Crippen MR) is 75.1 cm³/mol. The van der Waals surface area contributed by atoms with E-state index in [1.54, 1.807) is 28.6 Å². The molecule has 0 saturated carbocycles. The van der Waals surface area contributed by atoms with Crippen LogP contribution in [0.1, 0.15) is 6.92 Å². The van der Waals surface area contributed by atoms with Gasteiger partial charge < -0.3 is 10.3 Å². The van der Waals surface area contributed by atoms with Crippen molar-refractivity contribution in [3.8, 4) is 0 Å². The molecule has 1 atom stereocenters. The third kappa shape index (κ3) is 2.74. The van der Waals surface area contributed by atoms with E-state index in [4.69, 9.17) is 5.84 Å². The van der Waals surface area contributed by atoms with Crippen LogP contribution in [0.5, 0.6) is 0 Å². The first kappa shape index (κ1) is 14.3. The molecule has 19 heavy (non-hydrogen) atoms. The van der Waals surface area contributed by atoms with E-state index in [1.807, 2.05) is 14.0 Å². The highest BCUT2D eigenvalue weighted by Gasteiger charge is 2.33. The zero-order valence-electron chi connectivity index (χ0n) is 11.2. The third-order valence-corrected chi connectivity index (χ3v) is 5.47. The number of anilines is 1. The van der Waals surface area contributed by atoms with Crippen LogP contribution < -0.4 is 11.3 Å². The van der Waals surface area contributed by atoms with Crippen molar-refractivity contribution >= 4 is 15.7 Å². The Labute approximate surface area is 114 Å². The van der Waals surface area contributed by atoms with Gasteiger partial charge in [-0.25, -0.2) is 8.42 Å². The van der Waals surface area contributed by atoms with Gasteiger partial charge >= 0.3 is 0 Å². The molecule has 7 heteroatoms. The summed E-state index contributed by atoms with van der Waals surface area (Å²) in [6.45, 7) is 3.89. The molecule has 1 aromatic rings. The average Bonchev–Trinajstić information content (AvgIpc) is 2.38. The molecule has 0 radical (unpaired) electrons. The maximum absolute atomic E-state index is 12.7. The predicted octanol–water partition coefficient (Wildman–Crippen LogP) is 0.297. The Balaban J connectivity index is 2.37. The average molecular weight is 284 g/mol. The molecule has 0 amide bonds. The normalized spacial score (nSPS) is 22.4. The second kappa shape index (κ2) is 5.46. The van der Waals surface area contributed by atoms with E-state index in [2.05, 4.69) is 10.3 Å². The summed E-state index contributed by atoms with van der Waals surface area (Å²) < 4.78 is 26.9. The van der Waals surface area contributed by atoms with Crippen LogP contribution in [0.4, 0.5) is 5.69 Å². The number of likely N-dealkylation sites (N-methyl/N-ethyl adjacent to an activating group) is 1. The van der Waals surface area contributed by atoms with Gasteiger partial charge in [-0.1, -0.05) is 12.1 Å². The lowest BCUT2D eigenvalue weighted by molar-refractivity contribution is 0.170. The fourth-order valence-electron chi connectivity index (χ4n) is 2.42. The molecule has 1 aliphatic heterocycles. The second-order valence-electron chi connectivity index (χ2n) is 4.87. The molecule has 1 heterocycles. The minimum Gasteiger partial charge on any atom is -0.323 e. The topological polar surface area (TPSA) is 78.7 Å². The fraction of sp³-hybridized carbons (Fsp3) is 0.500. The number of nitrogens with two attached hydrogens (primary N) is 1. The Hall–Kier alpha value is -1.15. The molecular weight excluding hydrogens is 264 g/mol. The lowest BCUT2D eigenvalue weighted by Crippen LogP contribution is -2.52. The molecule has 0 aliphatic carbocycles. The first-order chi connectivity index (χ1) is 8.96. The van der Waals surface area contributed by atoms with E-state index in [0.717, 1.165) is 13.1 Å². The molecule has 6 nitrogen and oxygen atoms in total. The molecule has 1 aromatic carbocycles. The van der Waals surface area contributed by atoms with E-state index >= 15 is 0 Å². The molecule has 1 saturated heterocycles. The van der Waals surface area contributed by atoms with Crippen molar-refractivity contribution in [1.82, 2.24) is 9.21 Å². The number of benzene rings is 1. The molecule has 3 N–H and O–H groups in total. The van der Waals surface area contributed by atoms with E-state index < -0.39 is 10.0 Å². The monoisotopic (exact) mass is 284 g/mol. The van der Waals surface area contributed by atoms with Crippen LogP contribution in [-0.2, 0) is 10.0 Å². The highest BCUT2D eigenvalue weighted by molar-refractivity contribution is 7.89. The minimum absolute atomic E-state index is 0.0467. The van der Waals surface area contributed by atoms with Crippen molar-refractivity contribution in [3.05, 3.63) is 24.3 Å². The standard InChI is InChI=1S/C12H20N4O2S/c1-10-9-15(2)7-8-16(10)19(17,18)12-6-4-3-5-11(12)14-13/h3-6,10,14H,7-9,13H2,1-2H3. The summed E-state index contributed by atoms with van der Waals surface area (Å²) in [4.78, 5) is 2.36. The Morgan fingerprint density at radius 1 is 1.32 bits per heavy atom. The van der Waals surface area contributed by atoms with Crippen LogP contribution in [0.25, 0.3) is 0 Å². The smallest absolute Gasteiger partial charge is 0.245 e. The Morgan fingerprint density at radius 3 is 2.63 bits per heavy atom. The molecule has 1 unspecified atom stereocenters. The van der Waals surface area contributed by atoms with Crippen LogP contribution in [0.15, 0.2) is 29.2 Å². The quantitative estimate of drug-likeness (QED) is 0.616. The van der Waals surface area contributed by atoms with Crippen LogP contribution in [0.3, 0.4) is 0 Å². The number of hydrogen-bond acceptors (Lipinski definition) is 5. The maximum Gasteiger partial charge on any atom is 0.245 e. The maximum atomic E-state index is 12.7. The largest absolute Gasteiger partial charge is 0.323 e. The van der Waals surface area contributed by atoms with E-state index in [9.17, 15) is 8.42 Å². The number of nitrogens with zero attached hydrogens (tertiary/aromatic N) is 2. The van der Waals surface area contributed by atoms with Crippen molar-refractivity contribution in [1.29, 1.82) is 0 Å². The SMILES string of the molecule is CC1CN(C)CCN1S(=O)(=O)c1ccccc1NN. The van der Waals surface area contributed by atoms with Crippen molar-refractivity contribution in [3.63, 3.8) is 0 Å². The van der Waals surface area contributed by atoms with Crippen molar-refractivity contribution < 1.29 is 8.42 Å². The van der Waals surface area contributed by atoms with Crippen LogP contribution in [-0.4, -0.2) is 50.3 Å². The number of hydrazine groups is 1. The van der Waals surface area contributed by atoms with Crippen molar-refractivity contribution in [2.45, 2.75) is 17.9 Å². The number of piperazine rings is 1. The molecule has 106 valence electrons. The first-order valence-electron chi connectivity index (χ1n) is 6.23. The van der Waals surface area contributed by atoms with Crippen molar-refractivity contribution in [2.24, 2.45) is 5.84 Å². The highest BCUT2D eigenvalue weighted by atomic mass is 32.2. The molecule has 0 spiro atoms. The van der Waals surface area contributed by atoms with Gasteiger partial charge in [0.15, 0.2) is 0 Å². The van der Waals surface area contributed by atoms with Crippen LogP contribution in [0.2, 0.25) is 0 Å². The van der Waals surface area contributed by atoms with Gasteiger partial charge in [0.25, 0.3) is 0 Å². The van der Waals surface area contributed by atoms with E-state index in [-0.39, 0.29) is 10.9 Å². The minimum atomic E-state index is -3.51. The number of sulfonamides is 1. The highest BCUT2D eigenvalue weighted by Crippen LogP contribution is 2.26. The second-order valence-corrected chi connectivity index (χ2v) is 6.73. The number of hydrogen-bond donors (Lipinski definition) is 2. The zero-order chi connectivity index (χ0) is 14.0. The first-order valence-corrected chi connectivity index (χ1v) is 7.67. The summed E-state index contributed by atoms with van der Waals surface area (Å²) in [7, 11) is -1.52. The number of nitrogens with one attached hydrogen (secondary N) is 1. The molecular formula is C12H20N4O2S. The third-order valence-electron chi connectivity index (χ3n) is 3.40.